The molecule has 120 valence electrons. The lowest BCUT2D eigenvalue weighted by Gasteiger charge is -2.20. The molecule has 1 aromatic rings. The van der Waals surface area contributed by atoms with Gasteiger partial charge < -0.3 is 14.6 Å². The molecule has 0 aliphatic heterocycles. The van der Waals surface area contributed by atoms with Gasteiger partial charge in [0.2, 0.25) is 6.20 Å². The zero-order valence-corrected chi connectivity index (χ0v) is 12.7. The van der Waals surface area contributed by atoms with Crippen LogP contribution >= 0.6 is 0 Å². The highest BCUT2D eigenvalue weighted by Crippen LogP contribution is 2.36. The Morgan fingerprint density at radius 2 is 2.05 bits per heavy atom. The first-order valence-corrected chi connectivity index (χ1v) is 6.35. The van der Waals surface area contributed by atoms with Crippen LogP contribution in [-0.2, 0) is 4.74 Å². The molecule has 0 heterocycles. The lowest BCUT2D eigenvalue weighted by Crippen LogP contribution is -2.27. The first-order valence-electron chi connectivity index (χ1n) is 6.35. The summed E-state index contributed by atoms with van der Waals surface area (Å²) >= 11 is 0. The van der Waals surface area contributed by atoms with Gasteiger partial charge in [-0.15, -0.1) is 0 Å². The van der Waals surface area contributed by atoms with Crippen molar-refractivity contribution in [3.8, 4) is 11.5 Å². The van der Waals surface area contributed by atoms with Gasteiger partial charge in [0.15, 0.2) is 11.5 Å². The topological polar surface area (TPSA) is 111 Å². The zero-order chi connectivity index (χ0) is 16.9. The summed E-state index contributed by atoms with van der Waals surface area (Å²) in [4.78, 5) is 21.5. The van der Waals surface area contributed by atoms with Crippen LogP contribution in [0, 0.1) is 10.1 Å². The Bertz CT molecular complexity index is 604. The Labute approximate surface area is 127 Å². The number of benzene rings is 1. The van der Waals surface area contributed by atoms with E-state index in [9.17, 15) is 20.0 Å². The number of phenols is 1. The number of amides is 1. The van der Waals surface area contributed by atoms with Crippen LogP contribution < -0.4 is 10.1 Å². The molecule has 1 aromatic carbocycles. The SMILES string of the molecule is COc1cc(/C=C/[N+](=O)[O-])cc(NC(=O)OC(C)(C)C)c1O. The first-order chi connectivity index (χ1) is 10.1. The molecule has 0 unspecified atom stereocenters. The van der Waals surface area contributed by atoms with Gasteiger partial charge in [-0.1, -0.05) is 0 Å². The van der Waals surface area contributed by atoms with E-state index in [-0.39, 0.29) is 17.2 Å². The lowest BCUT2D eigenvalue weighted by atomic mass is 10.1. The van der Waals surface area contributed by atoms with Gasteiger partial charge in [0.25, 0.3) is 0 Å². The molecule has 8 heteroatoms. The van der Waals surface area contributed by atoms with Gasteiger partial charge in [-0.25, -0.2) is 4.79 Å². The number of phenolic OH excluding ortho intramolecular Hbond substituents is 1. The van der Waals surface area contributed by atoms with Crippen molar-refractivity contribution >= 4 is 17.9 Å². The zero-order valence-electron chi connectivity index (χ0n) is 12.7. The average Bonchev–Trinajstić information content (AvgIpc) is 2.37. The summed E-state index contributed by atoms with van der Waals surface area (Å²) in [6.45, 7) is 5.09. The Morgan fingerprint density at radius 3 is 2.55 bits per heavy atom. The number of carbonyl (C=O) groups is 1. The summed E-state index contributed by atoms with van der Waals surface area (Å²) < 4.78 is 10.0. The van der Waals surface area contributed by atoms with Gasteiger partial charge in [0.05, 0.1) is 17.7 Å². The second-order valence-corrected chi connectivity index (χ2v) is 5.35. The van der Waals surface area contributed by atoms with Crippen LogP contribution in [0.15, 0.2) is 18.3 Å². The largest absolute Gasteiger partial charge is 0.503 e. The van der Waals surface area contributed by atoms with Gasteiger partial charge in [-0.2, -0.15) is 0 Å². The standard InChI is InChI=1S/C14H18N2O6/c1-14(2,3)22-13(18)15-10-7-9(5-6-16(19)20)8-11(21-4)12(10)17/h5-8,17H,1-4H3,(H,15,18)/b6-5+. The highest BCUT2D eigenvalue weighted by Gasteiger charge is 2.19. The number of rotatable bonds is 4. The third kappa shape index (κ3) is 5.31. The molecule has 0 aliphatic carbocycles. The predicted molar refractivity (Wildman–Crippen MR) is 80.5 cm³/mol. The van der Waals surface area contributed by atoms with Crippen molar-refractivity contribution in [1.29, 1.82) is 0 Å². The maximum atomic E-state index is 11.7. The highest BCUT2D eigenvalue weighted by atomic mass is 16.6. The van der Waals surface area contributed by atoms with Crippen LogP contribution in [0.1, 0.15) is 26.3 Å². The molecule has 1 amide bonds. The fraction of sp³-hybridized carbons (Fsp3) is 0.357. The number of anilines is 1. The van der Waals surface area contributed by atoms with Gasteiger partial charge in [0.1, 0.15) is 5.60 Å². The normalized spacial score (nSPS) is 11.3. The Morgan fingerprint density at radius 1 is 1.41 bits per heavy atom. The molecule has 0 saturated heterocycles. The van der Waals surface area contributed by atoms with Gasteiger partial charge >= 0.3 is 6.09 Å². The maximum absolute atomic E-state index is 11.7. The van der Waals surface area contributed by atoms with E-state index in [0.29, 0.717) is 5.56 Å². The molecule has 0 fully saturated rings. The van der Waals surface area contributed by atoms with Crippen molar-refractivity contribution < 1.29 is 24.3 Å². The average molecular weight is 310 g/mol. The molecule has 0 spiro atoms. The number of nitro groups is 1. The van der Waals surface area contributed by atoms with E-state index in [4.69, 9.17) is 9.47 Å². The monoisotopic (exact) mass is 310 g/mol. The quantitative estimate of drug-likeness (QED) is 0.502. The van der Waals surface area contributed by atoms with Crippen molar-refractivity contribution in [3.63, 3.8) is 0 Å². The van der Waals surface area contributed by atoms with Crippen LogP contribution in [0.2, 0.25) is 0 Å². The lowest BCUT2D eigenvalue weighted by molar-refractivity contribution is -0.400. The Kier molecular flexibility index (Phi) is 5.33. The van der Waals surface area contributed by atoms with Crippen molar-refractivity contribution in [2.75, 3.05) is 12.4 Å². The number of carbonyl (C=O) groups excluding carboxylic acids is 1. The smallest absolute Gasteiger partial charge is 0.412 e. The van der Waals surface area contributed by atoms with Gasteiger partial charge in [-0.05, 0) is 38.5 Å². The number of hydrogen-bond donors (Lipinski definition) is 2. The molecular weight excluding hydrogens is 292 g/mol. The van der Waals surface area contributed by atoms with Crippen LogP contribution in [0.25, 0.3) is 6.08 Å². The van der Waals surface area contributed by atoms with Crippen molar-refractivity contribution in [2.45, 2.75) is 26.4 Å². The molecule has 2 N–H and O–H groups in total. The second-order valence-electron chi connectivity index (χ2n) is 5.35. The minimum atomic E-state index is -0.764. The van der Waals surface area contributed by atoms with E-state index in [1.54, 1.807) is 20.8 Å². The van der Waals surface area contributed by atoms with E-state index in [1.807, 2.05) is 0 Å². The van der Waals surface area contributed by atoms with Crippen LogP contribution in [0.5, 0.6) is 11.5 Å². The maximum Gasteiger partial charge on any atom is 0.412 e. The minimum absolute atomic E-state index is 0.0246. The van der Waals surface area contributed by atoms with E-state index in [1.165, 1.54) is 25.3 Å². The number of aromatic hydroxyl groups is 1. The van der Waals surface area contributed by atoms with Crippen molar-refractivity contribution in [2.24, 2.45) is 0 Å². The first kappa shape index (κ1) is 17.3. The van der Waals surface area contributed by atoms with Gasteiger partial charge in [0, 0.05) is 6.08 Å². The third-order valence-electron chi connectivity index (χ3n) is 2.34. The predicted octanol–water partition coefficient (Wildman–Crippen LogP) is 3.00. The van der Waals surface area contributed by atoms with Gasteiger partial charge in [-0.3, -0.25) is 15.4 Å². The summed E-state index contributed by atoms with van der Waals surface area (Å²) in [5.74, 6) is -0.233. The van der Waals surface area contributed by atoms with E-state index in [2.05, 4.69) is 5.32 Å². The molecule has 0 aromatic heterocycles. The molecule has 22 heavy (non-hydrogen) atoms. The Balaban J connectivity index is 3.09. The highest BCUT2D eigenvalue weighted by molar-refractivity contribution is 5.88. The summed E-state index contributed by atoms with van der Waals surface area (Å²) in [6.07, 6.45) is 1.19. The molecule has 8 nitrogen and oxygen atoms in total. The summed E-state index contributed by atoms with van der Waals surface area (Å²) in [5, 5.41) is 22.7. The summed E-state index contributed by atoms with van der Waals surface area (Å²) in [6, 6.07) is 2.76. The fourth-order valence-electron chi connectivity index (χ4n) is 1.54. The fourth-order valence-corrected chi connectivity index (χ4v) is 1.54. The number of hydrogen-bond acceptors (Lipinski definition) is 6. The van der Waals surface area contributed by atoms with E-state index < -0.39 is 16.6 Å². The molecule has 0 saturated carbocycles. The van der Waals surface area contributed by atoms with Crippen molar-refractivity contribution in [1.82, 2.24) is 0 Å². The minimum Gasteiger partial charge on any atom is -0.503 e. The van der Waals surface area contributed by atoms with E-state index >= 15 is 0 Å². The summed E-state index contributed by atoms with van der Waals surface area (Å²) in [7, 11) is 1.33. The molecule has 1 rings (SSSR count). The van der Waals surface area contributed by atoms with Crippen molar-refractivity contribution in [3.05, 3.63) is 34.0 Å². The summed E-state index contributed by atoms with van der Waals surface area (Å²) in [5.41, 5.74) is -0.304. The van der Waals surface area contributed by atoms with Crippen LogP contribution in [-0.4, -0.2) is 28.8 Å². The molecular formula is C14H18N2O6. The molecule has 0 bridgehead atoms. The van der Waals surface area contributed by atoms with E-state index in [0.717, 1.165) is 6.20 Å². The number of nitrogens with zero attached hydrogens (tertiary/aromatic N) is 1. The van der Waals surface area contributed by atoms with Crippen LogP contribution in [0.3, 0.4) is 0 Å². The van der Waals surface area contributed by atoms with Crippen LogP contribution in [0.4, 0.5) is 10.5 Å². The Hall–Kier alpha value is -2.77. The number of methoxy groups -OCH3 is 1. The molecule has 0 atom stereocenters. The number of nitrogens with one attached hydrogen (secondary N) is 1. The molecule has 0 aliphatic rings. The number of ether oxygens (including phenoxy) is 2. The second kappa shape index (κ2) is 6.79. The molecule has 0 radical (unpaired) electrons. The third-order valence-corrected chi connectivity index (χ3v) is 2.34.